The maximum atomic E-state index is 11.1. The van der Waals surface area contributed by atoms with E-state index in [2.05, 4.69) is 20.4 Å². The monoisotopic (exact) mass is 407 g/mol. The maximum Gasteiger partial charge on any atom is 0.305 e. The molecule has 0 saturated heterocycles. The molecule has 0 amide bonds. The number of aliphatic imine (C=N–C) groups is 1. The predicted octanol–water partition coefficient (Wildman–Crippen LogP) is 3.28. The summed E-state index contributed by atoms with van der Waals surface area (Å²) in [7, 11) is 3.09. The normalized spacial score (nSPS) is 11.2. The zero-order valence-electron chi connectivity index (χ0n) is 18.2. The van der Waals surface area contributed by atoms with E-state index in [1.807, 2.05) is 31.2 Å². The molecule has 0 aliphatic carbocycles. The van der Waals surface area contributed by atoms with E-state index in [0.29, 0.717) is 13.0 Å². The van der Waals surface area contributed by atoms with E-state index in [1.54, 1.807) is 7.11 Å². The quantitative estimate of drug-likeness (QED) is 0.201. The Bertz CT molecular complexity index is 576. The zero-order valence-corrected chi connectivity index (χ0v) is 18.2. The van der Waals surface area contributed by atoms with Crippen LogP contribution < -0.4 is 15.4 Å². The second-order valence-corrected chi connectivity index (χ2v) is 6.66. The van der Waals surface area contributed by atoms with E-state index in [-0.39, 0.29) is 5.97 Å². The van der Waals surface area contributed by atoms with Crippen LogP contribution in [0.3, 0.4) is 0 Å². The number of guanidine groups is 1. The zero-order chi connectivity index (χ0) is 21.2. The van der Waals surface area contributed by atoms with Crippen molar-refractivity contribution in [2.75, 3.05) is 40.5 Å². The summed E-state index contributed by atoms with van der Waals surface area (Å²) in [6, 6.07) is 7.94. The van der Waals surface area contributed by atoms with E-state index < -0.39 is 0 Å². The topological polar surface area (TPSA) is 81.2 Å². The van der Waals surface area contributed by atoms with Gasteiger partial charge in [0.1, 0.15) is 5.75 Å². The van der Waals surface area contributed by atoms with Crippen LogP contribution in [0, 0.1) is 0 Å². The van der Waals surface area contributed by atoms with Crippen LogP contribution in [0.15, 0.2) is 29.3 Å². The summed E-state index contributed by atoms with van der Waals surface area (Å²) in [6.45, 7) is 5.75. The first-order chi connectivity index (χ1) is 14.2. The van der Waals surface area contributed by atoms with Crippen molar-refractivity contribution in [3.63, 3.8) is 0 Å². The summed E-state index contributed by atoms with van der Waals surface area (Å²) >= 11 is 0. The molecule has 7 nitrogen and oxygen atoms in total. The number of unbranched alkanes of at least 4 members (excludes halogenated alkanes) is 3. The number of hydrogen-bond donors (Lipinski definition) is 2. The molecule has 0 aliphatic heterocycles. The average molecular weight is 408 g/mol. The number of rotatable bonds is 15. The van der Waals surface area contributed by atoms with E-state index in [1.165, 1.54) is 7.11 Å². The number of nitrogens with one attached hydrogen (secondary N) is 2. The van der Waals surface area contributed by atoms with Gasteiger partial charge in [-0.15, -0.1) is 0 Å². The standard InChI is InChI=1S/C22H37N3O4/c1-4-29-17-9-16-24-22(23-15-8-6-5-7-10-21(26)28-3)25-18-19-11-13-20(27-2)14-12-19/h11-14H,4-10,15-18H2,1-3H3,(H2,23,24,25). The summed E-state index contributed by atoms with van der Waals surface area (Å²) in [5, 5.41) is 6.77. The van der Waals surface area contributed by atoms with Crippen LogP contribution in [-0.4, -0.2) is 52.5 Å². The molecular weight excluding hydrogens is 370 g/mol. The van der Waals surface area contributed by atoms with Gasteiger partial charge in [-0.1, -0.05) is 25.0 Å². The summed E-state index contributed by atoms with van der Waals surface area (Å²) in [5.74, 6) is 1.52. The Balaban J connectivity index is 2.38. The molecule has 0 aromatic heterocycles. The molecule has 7 heteroatoms. The number of ether oxygens (including phenoxy) is 3. The van der Waals surface area contributed by atoms with E-state index in [0.717, 1.165) is 75.7 Å². The highest BCUT2D eigenvalue weighted by Gasteiger charge is 2.01. The molecular formula is C22H37N3O4. The van der Waals surface area contributed by atoms with Gasteiger partial charge in [-0.2, -0.15) is 0 Å². The Labute approximate surface area is 175 Å². The van der Waals surface area contributed by atoms with Gasteiger partial charge in [0.15, 0.2) is 5.96 Å². The predicted molar refractivity (Wildman–Crippen MR) is 116 cm³/mol. The minimum absolute atomic E-state index is 0.132. The molecule has 0 heterocycles. The van der Waals surface area contributed by atoms with Crippen LogP contribution >= 0.6 is 0 Å². The number of esters is 1. The molecule has 0 radical (unpaired) electrons. The van der Waals surface area contributed by atoms with Gasteiger partial charge in [0.25, 0.3) is 0 Å². The highest BCUT2D eigenvalue weighted by atomic mass is 16.5. The van der Waals surface area contributed by atoms with Gasteiger partial charge in [0.05, 0.1) is 20.8 Å². The lowest BCUT2D eigenvalue weighted by atomic mass is 10.1. The van der Waals surface area contributed by atoms with Gasteiger partial charge in [-0.3, -0.25) is 4.79 Å². The summed E-state index contributed by atoms with van der Waals surface area (Å²) in [5.41, 5.74) is 1.13. The molecule has 0 saturated carbocycles. The van der Waals surface area contributed by atoms with Crippen molar-refractivity contribution in [3.8, 4) is 5.75 Å². The summed E-state index contributed by atoms with van der Waals surface area (Å²) in [4.78, 5) is 15.8. The molecule has 2 N–H and O–H groups in total. The molecule has 0 fully saturated rings. The van der Waals surface area contributed by atoms with Gasteiger partial charge in [0.2, 0.25) is 0 Å². The highest BCUT2D eigenvalue weighted by molar-refractivity contribution is 5.79. The highest BCUT2D eigenvalue weighted by Crippen LogP contribution is 2.11. The van der Waals surface area contributed by atoms with Gasteiger partial charge in [-0.25, -0.2) is 4.99 Å². The lowest BCUT2D eigenvalue weighted by Crippen LogP contribution is -2.38. The number of carbonyl (C=O) groups is 1. The van der Waals surface area contributed by atoms with Crippen LogP contribution in [0.4, 0.5) is 0 Å². The van der Waals surface area contributed by atoms with Crippen molar-refractivity contribution in [3.05, 3.63) is 29.8 Å². The molecule has 164 valence electrons. The number of methoxy groups -OCH3 is 2. The smallest absolute Gasteiger partial charge is 0.305 e. The fraction of sp³-hybridized carbons (Fsp3) is 0.636. The van der Waals surface area contributed by atoms with Crippen LogP contribution in [-0.2, 0) is 20.8 Å². The largest absolute Gasteiger partial charge is 0.497 e. The number of benzene rings is 1. The van der Waals surface area contributed by atoms with E-state index in [4.69, 9.17) is 9.47 Å². The van der Waals surface area contributed by atoms with E-state index in [9.17, 15) is 4.79 Å². The second kappa shape index (κ2) is 16.7. The lowest BCUT2D eigenvalue weighted by Gasteiger charge is -2.13. The molecule has 0 atom stereocenters. The molecule has 0 bridgehead atoms. The fourth-order valence-electron chi connectivity index (χ4n) is 2.66. The first-order valence-corrected chi connectivity index (χ1v) is 10.5. The van der Waals surface area contributed by atoms with Crippen molar-refractivity contribution in [2.24, 2.45) is 4.99 Å². The Hall–Kier alpha value is -2.28. The van der Waals surface area contributed by atoms with Crippen molar-refractivity contribution in [2.45, 2.75) is 52.0 Å². The number of hydrogen-bond acceptors (Lipinski definition) is 5. The van der Waals surface area contributed by atoms with Crippen molar-refractivity contribution >= 4 is 11.9 Å². The van der Waals surface area contributed by atoms with Gasteiger partial charge in [0, 0.05) is 32.7 Å². The lowest BCUT2D eigenvalue weighted by molar-refractivity contribution is -0.140. The van der Waals surface area contributed by atoms with Crippen LogP contribution in [0.5, 0.6) is 5.75 Å². The fourth-order valence-corrected chi connectivity index (χ4v) is 2.66. The summed E-state index contributed by atoms with van der Waals surface area (Å²) < 4.78 is 15.2. The molecule has 1 aromatic carbocycles. The Morgan fingerprint density at radius 3 is 2.31 bits per heavy atom. The molecule has 0 spiro atoms. The van der Waals surface area contributed by atoms with Crippen LogP contribution in [0.25, 0.3) is 0 Å². The van der Waals surface area contributed by atoms with Crippen molar-refractivity contribution < 1.29 is 19.0 Å². The number of carbonyl (C=O) groups excluding carboxylic acids is 1. The minimum Gasteiger partial charge on any atom is -0.497 e. The Kier molecular flexibility index (Phi) is 14.2. The average Bonchev–Trinajstić information content (AvgIpc) is 2.76. The first-order valence-electron chi connectivity index (χ1n) is 10.5. The van der Waals surface area contributed by atoms with E-state index >= 15 is 0 Å². The van der Waals surface area contributed by atoms with Crippen LogP contribution in [0.2, 0.25) is 0 Å². The third-order valence-electron chi connectivity index (χ3n) is 4.37. The summed E-state index contributed by atoms with van der Waals surface area (Å²) in [6.07, 6.45) is 5.44. The Morgan fingerprint density at radius 2 is 1.66 bits per heavy atom. The van der Waals surface area contributed by atoms with Crippen LogP contribution in [0.1, 0.15) is 51.0 Å². The van der Waals surface area contributed by atoms with Gasteiger partial charge >= 0.3 is 5.97 Å². The van der Waals surface area contributed by atoms with Gasteiger partial charge < -0.3 is 24.8 Å². The maximum absolute atomic E-state index is 11.1. The third-order valence-corrected chi connectivity index (χ3v) is 4.37. The Morgan fingerprint density at radius 1 is 0.966 bits per heavy atom. The van der Waals surface area contributed by atoms with Crippen molar-refractivity contribution in [1.82, 2.24) is 10.6 Å². The molecule has 1 rings (SSSR count). The third kappa shape index (κ3) is 12.7. The molecule has 1 aromatic rings. The first kappa shape index (κ1) is 24.8. The van der Waals surface area contributed by atoms with Crippen molar-refractivity contribution in [1.29, 1.82) is 0 Å². The SMILES string of the molecule is CCOCCCNC(=NCc1ccc(OC)cc1)NCCCCCCC(=O)OC. The minimum atomic E-state index is -0.132. The van der Waals surface area contributed by atoms with Gasteiger partial charge in [-0.05, 0) is 43.9 Å². The molecule has 0 unspecified atom stereocenters. The number of nitrogens with zero attached hydrogens (tertiary/aromatic N) is 1. The molecule has 29 heavy (non-hydrogen) atoms. The molecule has 0 aliphatic rings. The second-order valence-electron chi connectivity index (χ2n) is 6.66.